The second-order valence-electron chi connectivity index (χ2n) is 20.7. The Morgan fingerprint density at radius 1 is 0.429 bits per heavy atom. The highest BCUT2D eigenvalue weighted by atomic mass is 16.6. The van der Waals surface area contributed by atoms with Gasteiger partial charge < -0.3 is 9.47 Å². The van der Waals surface area contributed by atoms with Gasteiger partial charge in [0.15, 0.2) is 0 Å². The van der Waals surface area contributed by atoms with Crippen molar-refractivity contribution in [2.24, 2.45) is 32.5 Å². The molecule has 0 aromatic heterocycles. The zero-order valence-electron chi connectivity index (χ0n) is 33.5. The van der Waals surface area contributed by atoms with Gasteiger partial charge in [-0.15, -0.1) is 0 Å². The molecule has 0 unspecified atom stereocenters. The lowest BCUT2D eigenvalue weighted by atomic mass is 9.80. The molecule has 42 heavy (non-hydrogen) atoms. The summed E-state index contributed by atoms with van der Waals surface area (Å²) in [4.78, 5) is 22.7. The van der Waals surface area contributed by atoms with E-state index in [0.717, 1.165) is 6.61 Å². The van der Waals surface area contributed by atoms with Gasteiger partial charge in [-0.05, 0) is 96.8 Å². The lowest BCUT2D eigenvalue weighted by Crippen LogP contribution is -2.31. The van der Waals surface area contributed by atoms with Crippen molar-refractivity contribution in [1.82, 2.24) is 0 Å². The van der Waals surface area contributed by atoms with Crippen LogP contribution in [0.5, 0.6) is 0 Å². The molecule has 0 N–H and O–H groups in total. The number of ether oxygens (including phenoxy) is 2. The van der Waals surface area contributed by atoms with Crippen molar-refractivity contribution in [3.05, 3.63) is 0 Å². The SMILES string of the molecule is CC(C)(C)CC(=O)C(C)(C)C.CC(C)(C)CCC(C)(C)C.CC(C)(C)COC(C)(C)C.CC(C)(C)OC(=O)C(C)(C)C. The van der Waals surface area contributed by atoms with E-state index in [1.165, 1.54) is 12.8 Å². The molecule has 0 amide bonds. The summed E-state index contributed by atoms with van der Waals surface area (Å²) in [5.41, 5.74) is 0.496. The van der Waals surface area contributed by atoms with Crippen LogP contribution in [0.2, 0.25) is 0 Å². The molecule has 0 aliphatic carbocycles. The van der Waals surface area contributed by atoms with Gasteiger partial charge in [-0.3, -0.25) is 9.59 Å². The van der Waals surface area contributed by atoms with Gasteiger partial charge in [0, 0.05) is 11.8 Å². The van der Waals surface area contributed by atoms with Crippen molar-refractivity contribution < 1.29 is 19.1 Å². The summed E-state index contributed by atoms with van der Waals surface area (Å²) in [5, 5.41) is 0. The third-order valence-electron chi connectivity index (χ3n) is 5.10. The molecule has 0 heterocycles. The first kappa shape index (κ1) is 48.0. The van der Waals surface area contributed by atoms with Crippen LogP contribution in [0.4, 0.5) is 0 Å². The van der Waals surface area contributed by atoms with Crippen molar-refractivity contribution in [3.8, 4) is 0 Å². The van der Waals surface area contributed by atoms with E-state index >= 15 is 0 Å². The summed E-state index contributed by atoms with van der Waals surface area (Å²) in [5.74, 6) is 0.204. The van der Waals surface area contributed by atoms with E-state index in [2.05, 4.69) is 104 Å². The number of rotatable bonds is 3. The Hall–Kier alpha value is -0.900. The third-order valence-corrected chi connectivity index (χ3v) is 5.10. The number of hydrogen-bond donors (Lipinski definition) is 0. The molecule has 256 valence electrons. The Bertz CT molecular complexity index is 639. The highest BCUT2D eigenvalue weighted by molar-refractivity contribution is 5.84. The average molecular weight is 601 g/mol. The number of hydrogen-bond acceptors (Lipinski definition) is 4. The van der Waals surface area contributed by atoms with E-state index in [9.17, 15) is 9.59 Å². The van der Waals surface area contributed by atoms with E-state index in [1.54, 1.807) is 0 Å². The minimum absolute atomic E-state index is 0.00722. The summed E-state index contributed by atoms with van der Waals surface area (Å²) >= 11 is 0. The third kappa shape index (κ3) is 46.1. The smallest absolute Gasteiger partial charge is 0.311 e. The van der Waals surface area contributed by atoms with Crippen LogP contribution in [-0.2, 0) is 19.1 Å². The maximum absolute atomic E-state index is 11.5. The first-order valence-electron chi connectivity index (χ1n) is 16.1. The van der Waals surface area contributed by atoms with Crippen LogP contribution in [-0.4, -0.2) is 29.6 Å². The van der Waals surface area contributed by atoms with E-state index in [-0.39, 0.29) is 33.4 Å². The van der Waals surface area contributed by atoms with Gasteiger partial charge in [0.05, 0.1) is 17.6 Å². The summed E-state index contributed by atoms with van der Waals surface area (Å²) in [6.45, 7) is 50.8. The normalized spacial score (nSPS) is 13.4. The van der Waals surface area contributed by atoms with Gasteiger partial charge in [-0.1, -0.05) is 104 Å². The van der Waals surface area contributed by atoms with Crippen LogP contribution < -0.4 is 0 Å². The lowest BCUT2D eigenvalue weighted by molar-refractivity contribution is -0.164. The second kappa shape index (κ2) is 17.6. The van der Waals surface area contributed by atoms with E-state index in [0.29, 0.717) is 23.0 Å². The van der Waals surface area contributed by atoms with Crippen molar-refractivity contribution in [3.63, 3.8) is 0 Å². The Morgan fingerprint density at radius 2 is 0.762 bits per heavy atom. The zero-order chi connectivity index (χ0) is 35.4. The second-order valence-corrected chi connectivity index (χ2v) is 20.7. The summed E-state index contributed by atoms with van der Waals surface area (Å²) in [6, 6.07) is 0. The van der Waals surface area contributed by atoms with Crippen LogP contribution >= 0.6 is 0 Å². The molecule has 0 atom stereocenters. The van der Waals surface area contributed by atoms with Gasteiger partial charge in [-0.2, -0.15) is 0 Å². The molecule has 0 aromatic rings. The van der Waals surface area contributed by atoms with Gasteiger partial charge in [0.25, 0.3) is 0 Å². The van der Waals surface area contributed by atoms with Gasteiger partial charge in [-0.25, -0.2) is 0 Å². The molecule has 0 radical (unpaired) electrons. The maximum Gasteiger partial charge on any atom is 0.311 e. The van der Waals surface area contributed by atoms with Crippen LogP contribution in [0.3, 0.4) is 0 Å². The van der Waals surface area contributed by atoms with Gasteiger partial charge in [0.2, 0.25) is 0 Å². The number of carbonyl (C=O) groups excluding carboxylic acids is 2. The van der Waals surface area contributed by atoms with Crippen molar-refractivity contribution in [1.29, 1.82) is 0 Å². The van der Waals surface area contributed by atoms with E-state index < -0.39 is 5.41 Å². The fraction of sp³-hybridized carbons (Fsp3) is 0.947. The average Bonchev–Trinajstić information content (AvgIpc) is 2.60. The molecule has 0 aliphatic rings. The van der Waals surface area contributed by atoms with Crippen LogP contribution in [0.1, 0.15) is 185 Å². The monoisotopic (exact) mass is 601 g/mol. The largest absolute Gasteiger partial charge is 0.460 e. The quantitative estimate of drug-likeness (QED) is 0.302. The summed E-state index contributed by atoms with van der Waals surface area (Å²) in [6.07, 6.45) is 3.34. The summed E-state index contributed by atoms with van der Waals surface area (Å²) < 4.78 is 10.8. The topological polar surface area (TPSA) is 52.6 Å². The Kier molecular flexibility index (Phi) is 20.1. The Balaban J connectivity index is -0.000000229. The molecule has 0 aliphatic heterocycles. The van der Waals surface area contributed by atoms with Crippen LogP contribution in [0, 0.1) is 32.5 Å². The Labute approximate surface area is 266 Å². The predicted octanol–water partition coefficient (Wildman–Crippen LogP) is 12.1. The zero-order valence-corrected chi connectivity index (χ0v) is 33.5. The molecular weight excluding hydrogens is 520 g/mol. The summed E-state index contributed by atoms with van der Waals surface area (Å²) in [7, 11) is 0. The molecule has 0 saturated carbocycles. The maximum atomic E-state index is 11.5. The van der Waals surface area contributed by atoms with E-state index in [4.69, 9.17) is 9.47 Å². The molecule has 4 heteroatoms. The fourth-order valence-corrected chi connectivity index (χ4v) is 2.36. The van der Waals surface area contributed by atoms with Gasteiger partial charge >= 0.3 is 5.97 Å². The molecule has 0 saturated heterocycles. The number of Topliss-reactive ketones (excluding diaryl/α,β-unsaturated/α-hetero) is 1. The van der Waals surface area contributed by atoms with Crippen LogP contribution in [0.15, 0.2) is 0 Å². The van der Waals surface area contributed by atoms with Crippen molar-refractivity contribution in [2.75, 3.05) is 6.61 Å². The molecule has 0 rings (SSSR count). The fourth-order valence-electron chi connectivity index (χ4n) is 2.36. The minimum Gasteiger partial charge on any atom is -0.460 e. The number of carbonyl (C=O) groups is 2. The first-order chi connectivity index (χ1) is 17.7. The van der Waals surface area contributed by atoms with Crippen molar-refractivity contribution >= 4 is 11.8 Å². The highest BCUT2D eigenvalue weighted by Gasteiger charge is 2.28. The molecule has 0 aromatic carbocycles. The Morgan fingerprint density at radius 3 is 0.857 bits per heavy atom. The van der Waals surface area contributed by atoms with E-state index in [1.807, 2.05) is 62.3 Å². The molecular formula is C38H80O4. The number of ketones is 1. The lowest BCUT2D eigenvalue weighted by Gasteiger charge is -2.26. The predicted molar refractivity (Wildman–Crippen MR) is 187 cm³/mol. The minimum atomic E-state index is -0.396. The molecule has 0 spiro atoms. The molecule has 0 fully saturated rings. The molecule has 0 bridgehead atoms. The standard InChI is InChI=1S/C10H20O.C10H22.C9H18O2.C9H20O/c1-9(2,3)7-8(11)10(4,5)6;1-9(2,3)7-8-10(4,5)6;1-8(2,3)7(10)11-9(4,5)6;1-8(2,3)7-10-9(4,5)6/h7H2,1-6H3;7-8H2,1-6H3;1-6H3;7H2,1-6H3. The van der Waals surface area contributed by atoms with Crippen molar-refractivity contribution in [2.45, 2.75) is 197 Å². The van der Waals surface area contributed by atoms with Crippen LogP contribution in [0.25, 0.3) is 0 Å². The molecule has 4 nitrogen and oxygen atoms in total. The highest BCUT2D eigenvalue weighted by Crippen LogP contribution is 2.29. The first-order valence-corrected chi connectivity index (χ1v) is 16.1. The van der Waals surface area contributed by atoms with Gasteiger partial charge in [0.1, 0.15) is 11.4 Å². The number of esters is 1.